The van der Waals surface area contributed by atoms with E-state index < -0.39 is 17.9 Å². The summed E-state index contributed by atoms with van der Waals surface area (Å²) in [5.74, 6) is -0.895. The van der Waals surface area contributed by atoms with Crippen LogP contribution in [-0.2, 0) is 11.3 Å². The van der Waals surface area contributed by atoms with Crippen LogP contribution in [0.25, 0.3) is 11.1 Å². The van der Waals surface area contributed by atoms with E-state index in [0.29, 0.717) is 34.7 Å². The number of carbonyl (C=O) groups excluding carboxylic acids is 2. The van der Waals surface area contributed by atoms with E-state index in [1.165, 1.54) is 11.8 Å². The summed E-state index contributed by atoms with van der Waals surface area (Å²) in [5.41, 5.74) is 1.80. The van der Waals surface area contributed by atoms with Gasteiger partial charge in [-0.25, -0.2) is 4.79 Å². The molecule has 1 aromatic heterocycles. The van der Waals surface area contributed by atoms with E-state index in [-0.39, 0.29) is 5.24 Å². The number of benzene rings is 2. The predicted molar refractivity (Wildman–Crippen MR) is 136 cm³/mol. The molecule has 2 amide bonds. The summed E-state index contributed by atoms with van der Waals surface area (Å²) in [6.45, 7) is 0.460. The topological polar surface area (TPSA) is 95.5 Å². The van der Waals surface area contributed by atoms with Crippen molar-refractivity contribution in [3.05, 3.63) is 76.5 Å². The number of nitrogens with one attached hydrogen (secondary N) is 2. The smallest absolute Gasteiger partial charge is 0.326 e. The number of amides is 2. The number of thioether (sulfide) groups is 2. The average Bonchev–Trinajstić information content (AvgIpc) is 3.34. The maximum absolute atomic E-state index is 13.0. The second kappa shape index (κ2) is 12.5. The summed E-state index contributed by atoms with van der Waals surface area (Å²) in [6, 6.07) is 17.4. The van der Waals surface area contributed by atoms with Gasteiger partial charge in [-0.1, -0.05) is 36.4 Å². The molecular weight excluding hydrogens is 476 g/mol. The molecule has 0 saturated heterocycles. The van der Waals surface area contributed by atoms with Gasteiger partial charge in [0.05, 0.1) is 6.54 Å². The molecule has 0 unspecified atom stereocenters. The molecular formula is C24H24N2O4S3. The van der Waals surface area contributed by atoms with Crippen LogP contribution in [0.2, 0.25) is 0 Å². The second-order valence-electron chi connectivity index (χ2n) is 7.04. The van der Waals surface area contributed by atoms with Crippen molar-refractivity contribution in [3.63, 3.8) is 0 Å². The van der Waals surface area contributed by atoms with E-state index >= 15 is 0 Å². The summed E-state index contributed by atoms with van der Waals surface area (Å²) in [6.07, 6.45) is 2.22. The van der Waals surface area contributed by atoms with Crippen LogP contribution >= 0.6 is 34.9 Å². The highest BCUT2D eigenvalue weighted by Gasteiger charge is 2.22. The van der Waals surface area contributed by atoms with Gasteiger partial charge in [-0.15, -0.1) is 11.3 Å². The zero-order chi connectivity index (χ0) is 23.6. The minimum Gasteiger partial charge on any atom is -0.480 e. The number of thiophene rings is 1. The Labute approximate surface area is 205 Å². The van der Waals surface area contributed by atoms with E-state index in [1.54, 1.807) is 29.5 Å². The number of carbonyl (C=O) groups is 3. The fourth-order valence-electron chi connectivity index (χ4n) is 3.09. The van der Waals surface area contributed by atoms with Gasteiger partial charge in [0.15, 0.2) is 0 Å². The largest absolute Gasteiger partial charge is 0.480 e. The summed E-state index contributed by atoms with van der Waals surface area (Å²) in [5, 5.41) is 16.8. The molecule has 0 radical (unpaired) electrons. The molecule has 0 aliphatic rings. The minimum atomic E-state index is -1.06. The normalized spacial score (nSPS) is 11.5. The highest BCUT2D eigenvalue weighted by Crippen LogP contribution is 2.30. The molecule has 0 fully saturated rings. The molecule has 1 heterocycles. The van der Waals surface area contributed by atoms with E-state index in [2.05, 4.69) is 10.6 Å². The maximum Gasteiger partial charge on any atom is 0.326 e. The summed E-state index contributed by atoms with van der Waals surface area (Å²) >= 11 is 4.15. The number of carboxylic acids is 1. The van der Waals surface area contributed by atoms with Crippen molar-refractivity contribution in [1.82, 2.24) is 10.6 Å². The Bertz CT molecular complexity index is 1090. The van der Waals surface area contributed by atoms with E-state index in [9.17, 15) is 19.5 Å². The van der Waals surface area contributed by atoms with Gasteiger partial charge in [0.2, 0.25) is 0 Å². The van der Waals surface area contributed by atoms with Crippen LogP contribution in [0.3, 0.4) is 0 Å². The van der Waals surface area contributed by atoms with E-state index in [4.69, 9.17) is 0 Å². The maximum atomic E-state index is 13.0. The molecule has 3 aromatic rings. The third-order valence-corrected chi connectivity index (χ3v) is 7.07. The van der Waals surface area contributed by atoms with Crippen LogP contribution in [0.5, 0.6) is 0 Å². The number of hydrogen-bond donors (Lipinski definition) is 3. The Kier molecular flexibility index (Phi) is 9.41. The van der Waals surface area contributed by atoms with Gasteiger partial charge in [0.25, 0.3) is 11.1 Å². The summed E-state index contributed by atoms with van der Waals surface area (Å²) in [4.78, 5) is 38.8. The molecule has 0 saturated carbocycles. The molecule has 3 rings (SSSR count). The SMILES string of the molecule is CSCC[C@H](NC(=O)c1ccc(SC(=O)NCc2cccs2)cc1-c1ccccc1)C(=O)O. The molecule has 9 heteroatoms. The highest BCUT2D eigenvalue weighted by molar-refractivity contribution is 8.13. The van der Waals surface area contributed by atoms with E-state index in [1.807, 2.05) is 54.1 Å². The van der Waals surface area contributed by atoms with Crippen molar-refractivity contribution in [1.29, 1.82) is 0 Å². The summed E-state index contributed by atoms with van der Waals surface area (Å²) in [7, 11) is 0. The van der Waals surface area contributed by atoms with Crippen molar-refractivity contribution >= 4 is 52.0 Å². The Morgan fingerprint density at radius 3 is 2.52 bits per heavy atom. The van der Waals surface area contributed by atoms with Crippen molar-refractivity contribution in [2.75, 3.05) is 12.0 Å². The van der Waals surface area contributed by atoms with Crippen LogP contribution < -0.4 is 10.6 Å². The first-order valence-corrected chi connectivity index (χ1v) is 13.3. The Morgan fingerprint density at radius 1 is 1.06 bits per heavy atom. The minimum absolute atomic E-state index is 0.192. The Morgan fingerprint density at radius 2 is 1.85 bits per heavy atom. The van der Waals surface area contributed by atoms with Gasteiger partial charge in [-0.2, -0.15) is 11.8 Å². The van der Waals surface area contributed by atoms with Gasteiger partial charge >= 0.3 is 5.97 Å². The van der Waals surface area contributed by atoms with Gasteiger partial charge in [0, 0.05) is 15.3 Å². The fourth-order valence-corrected chi connectivity index (χ4v) is 4.87. The first kappa shape index (κ1) is 24.9. The van der Waals surface area contributed by atoms with Crippen molar-refractivity contribution < 1.29 is 19.5 Å². The Hall–Kier alpha value is -2.75. The molecule has 6 nitrogen and oxygen atoms in total. The van der Waals surface area contributed by atoms with Gasteiger partial charge < -0.3 is 15.7 Å². The second-order valence-corrected chi connectivity index (χ2v) is 10.1. The lowest BCUT2D eigenvalue weighted by molar-refractivity contribution is -0.139. The lowest BCUT2D eigenvalue weighted by Crippen LogP contribution is -2.41. The fraction of sp³-hybridized carbons (Fsp3) is 0.208. The first-order chi connectivity index (χ1) is 16.0. The third-order valence-electron chi connectivity index (χ3n) is 4.73. The van der Waals surface area contributed by atoms with Crippen LogP contribution in [0.1, 0.15) is 21.7 Å². The van der Waals surface area contributed by atoms with Crippen LogP contribution in [-0.4, -0.2) is 40.3 Å². The zero-order valence-electron chi connectivity index (χ0n) is 17.9. The van der Waals surface area contributed by atoms with Crippen LogP contribution in [0.4, 0.5) is 4.79 Å². The molecule has 33 heavy (non-hydrogen) atoms. The quantitative estimate of drug-likeness (QED) is 0.325. The average molecular weight is 501 g/mol. The lowest BCUT2D eigenvalue weighted by atomic mass is 9.99. The van der Waals surface area contributed by atoms with E-state index in [0.717, 1.165) is 22.2 Å². The van der Waals surface area contributed by atoms with Gasteiger partial charge in [-0.3, -0.25) is 9.59 Å². The van der Waals surface area contributed by atoms with Gasteiger partial charge in [-0.05, 0) is 71.0 Å². The zero-order valence-corrected chi connectivity index (χ0v) is 20.4. The van der Waals surface area contributed by atoms with Crippen molar-refractivity contribution in [2.45, 2.75) is 23.9 Å². The standard InChI is InChI=1S/C24H24N2O4S3/c1-31-13-11-21(23(28)29)26-22(27)19-10-9-17(14-20(19)16-6-3-2-4-7-16)33-24(30)25-15-18-8-5-12-32-18/h2-10,12,14,21H,11,13,15H2,1H3,(H,25,30)(H,26,27)(H,28,29)/t21-/m0/s1. The molecule has 3 N–H and O–H groups in total. The first-order valence-electron chi connectivity index (χ1n) is 10.2. The lowest BCUT2D eigenvalue weighted by Gasteiger charge is -2.16. The molecule has 0 bridgehead atoms. The van der Waals surface area contributed by atoms with Crippen LogP contribution in [0, 0.1) is 0 Å². The monoisotopic (exact) mass is 500 g/mol. The molecule has 2 aromatic carbocycles. The van der Waals surface area contributed by atoms with Crippen molar-refractivity contribution in [2.24, 2.45) is 0 Å². The highest BCUT2D eigenvalue weighted by atomic mass is 32.2. The van der Waals surface area contributed by atoms with Gasteiger partial charge in [0.1, 0.15) is 6.04 Å². The number of aliphatic carboxylic acids is 1. The molecule has 0 spiro atoms. The Balaban J connectivity index is 1.80. The van der Waals surface area contributed by atoms with Crippen LogP contribution in [0.15, 0.2) is 70.9 Å². The third kappa shape index (κ3) is 7.38. The number of carboxylic acid groups (broad SMARTS) is 1. The number of rotatable bonds is 10. The molecule has 172 valence electrons. The molecule has 1 atom stereocenters. The van der Waals surface area contributed by atoms with Crippen molar-refractivity contribution in [3.8, 4) is 11.1 Å². The molecule has 0 aliphatic heterocycles. The summed E-state index contributed by atoms with van der Waals surface area (Å²) < 4.78 is 0. The number of hydrogen-bond acceptors (Lipinski definition) is 6. The molecule has 0 aliphatic carbocycles. The predicted octanol–water partition coefficient (Wildman–Crippen LogP) is 5.35.